The number of amides is 1. The Kier molecular flexibility index (Phi) is 9.58. The van der Waals surface area contributed by atoms with Gasteiger partial charge < -0.3 is 16.4 Å². The summed E-state index contributed by atoms with van der Waals surface area (Å²) in [6.07, 6.45) is 5.51. The summed E-state index contributed by atoms with van der Waals surface area (Å²) in [6.45, 7) is 4.92. The fraction of sp³-hybridized carbons (Fsp3) is 0.700. The van der Waals surface area contributed by atoms with Crippen LogP contribution in [0.3, 0.4) is 0 Å². The van der Waals surface area contributed by atoms with E-state index in [4.69, 9.17) is 5.73 Å². The van der Waals surface area contributed by atoms with Crippen LogP contribution in [0.2, 0.25) is 0 Å². The fourth-order valence-electron chi connectivity index (χ4n) is 0.917. The van der Waals surface area contributed by atoms with E-state index < -0.39 is 0 Å². The van der Waals surface area contributed by atoms with Crippen molar-refractivity contribution in [2.75, 3.05) is 26.2 Å². The van der Waals surface area contributed by atoms with E-state index in [1.807, 2.05) is 6.08 Å². The zero-order chi connectivity index (χ0) is 10.6. The fourth-order valence-corrected chi connectivity index (χ4v) is 0.917. The van der Waals surface area contributed by atoms with Crippen molar-refractivity contribution in [3.63, 3.8) is 0 Å². The Morgan fingerprint density at radius 2 is 2.14 bits per heavy atom. The lowest BCUT2D eigenvalue weighted by Gasteiger charge is -2.03. The number of nitrogens with two attached hydrogens (primary N) is 1. The molecule has 0 heterocycles. The van der Waals surface area contributed by atoms with Gasteiger partial charge in [-0.2, -0.15) is 0 Å². The van der Waals surface area contributed by atoms with Gasteiger partial charge in [0.15, 0.2) is 0 Å². The predicted molar refractivity (Wildman–Crippen MR) is 59.0 cm³/mol. The maximum absolute atomic E-state index is 11.1. The highest BCUT2D eigenvalue weighted by molar-refractivity contribution is 5.87. The number of unbranched alkanes of at least 4 members (excludes halogenated alkanes) is 1. The van der Waals surface area contributed by atoms with Crippen LogP contribution in [0.1, 0.15) is 19.8 Å². The van der Waals surface area contributed by atoms with Crippen molar-refractivity contribution in [3.8, 4) is 0 Å². The number of nitrogens with one attached hydrogen (secondary N) is 2. The Labute approximate surface area is 85.9 Å². The molecule has 4 heteroatoms. The number of allylic oxidation sites excluding steroid dienone is 1. The van der Waals surface area contributed by atoms with Crippen LogP contribution in [0.5, 0.6) is 0 Å². The lowest BCUT2D eigenvalue weighted by molar-refractivity contribution is -0.116. The molecule has 14 heavy (non-hydrogen) atoms. The SMILES string of the molecule is CCC/C=C/C(=O)NCCNCCN. The topological polar surface area (TPSA) is 67.2 Å². The van der Waals surface area contributed by atoms with Gasteiger partial charge in [0.2, 0.25) is 5.91 Å². The van der Waals surface area contributed by atoms with Crippen LogP contribution in [-0.4, -0.2) is 32.1 Å². The molecule has 0 aliphatic carbocycles. The summed E-state index contributed by atoms with van der Waals surface area (Å²) in [5.41, 5.74) is 5.29. The van der Waals surface area contributed by atoms with Crippen molar-refractivity contribution in [2.24, 2.45) is 5.73 Å². The number of carbonyl (C=O) groups is 1. The minimum Gasteiger partial charge on any atom is -0.351 e. The molecule has 4 nitrogen and oxygen atoms in total. The van der Waals surface area contributed by atoms with Gasteiger partial charge in [0.25, 0.3) is 0 Å². The van der Waals surface area contributed by atoms with Crippen LogP contribution in [0.4, 0.5) is 0 Å². The normalized spacial score (nSPS) is 10.7. The molecular formula is C10H21N3O. The maximum atomic E-state index is 11.1. The number of hydrogen-bond acceptors (Lipinski definition) is 3. The van der Waals surface area contributed by atoms with Crippen molar-refractivity contribution in [1.29, 1.82) is 0 Å². The first-order valence-corrected chi connectivity index (χ1v) is 5.16. The zero-order valence-corrected chi connectivity index (χ0v) is 8.88. The summed E-state index contributed by atoms with van der Waals surface area (Å²) in [7, 11) is 0. The highest BCUT2D eigenvalue weighted by Gasteiger charge is 1.92. The second-order valence-corrected chi connectivity index (χ2v) is 3.02. The first-order chi connectivity index (χ1) is 6.81. The third-order valence-corrected chi connectivity index (χ3v) is 1.65. The third kappa shape index (κ3) is 9.22. The van der Waals surface area contributed by atoms with Gasteiger partial charge in [-0.1, -0.05) is 19.4 Å². The minimum absolute atomic E-state index is 0.0204. The summed E-state index contributed by atoms with van der Waals surface area (Å²) in [6, 6.07) is 0. The third-order valence-electron chi connectivity index (χ3n) is 1.65. The average Bonchev–Trinajstić information content (AvgIpc) is 2.18. The molecular weight excluding hydrogens is 178 g/mol. The Morgan fingerprint density at radius 3 is 2.79 bits per heavy atom. The molecule has 4 N–H and O–H groups in total. The number of rotatable bonds is 8. The first kappa shape index (κ1) is 13.1. The van der Waals surface area contributed by atoms with E-state index in [2.05, 4.69) is 17.6 Å². The monoisotopic (exact) mass is 199 g/mol. The molecule has 1 amide bonds. The number of carbonyl (C=O) groups excluding carboxylic acids is 1. The molecule has 0 rings (SSSR count). The van der Waals surface area contributed by atoms with Crippen molar-refractivity contribution >= 4 is 5.91 Å². The smallest absolute Gasteiger partial charge is 0.243 e. The Bertz CT molecular complexity index is 169. The van der Waals surface area contributed by atoms with Crippen molar-refractivity contribution in [3.05, 3.63) is 12.2 Å². The minimum atomic E-state index is -0.0204. The van der Waals surface area contributed by atoms with Crippen molar-refractivity contribution in [2.45, 2.75) is 19.8 Å². The lowest BCUT2D eigenvalue weighted by atomic mass is 10.3. The van der Waals surface area contributed by atoms with Crippen LogP contribution in [-0.2, 0) is 4.79 Å². The summed E-state index contributed by atoms with van der Waals surface area (Å²) < 4.78 is 0. The van der Waals surface area contributed by atoms with E-state index in [-0.39, 0.29) is 5.91 Å². The molecule has 0 saturated heterocycles. The molecule has 0 aromatic heterocycles. The molecule has 0 aliphatic heterocycles. The quantitative estimate of drug-likeness (QED) is 0.381. The first-order valence-electron chi connectivity index (χ1n) is 5.16. The summed E-state index contributed by atoms with van der Waals surface area (Å²) >= 11 is 0. The molecule has 0 bridgehead atoms. The van der Waals surface area contributed by atoms with Gasteiger partial charge in [-0.05, 0) is 12.5 Å². The standard InChI is InChI=1S/C10H21N3O/c1-2-3-4-5-10(14)13-9-8-12-7-6-11/h4-5,12H,2-3,6-9,11H2,1H3,(H,13,14)/b5-4+. The van der Waals surface area contributed by atoms with Gasteiger partial charge in [0.05, 0.1) is 0 Å². The lowest BCUT2D eigenvalue weighted by Crippen LogP contribution is -2.33. The van der Waals surface area contributed by atoms with Crippen LogP contribution >= 0.6 is 0 Å². The zero-order valence-electron chi connectivity index (χ0n) is 8.88. The van der Waals surface area contributed by atoms with E-state index in [0.29, 0.717) is 13.1 Å². The molecule has 0 aromatic carbocycles. The van der Waals surface area contributed by atoms with Gasteiger partial charge in [-0.3, -0.25) is 4.79 Å². The summed E-state index contributed by atoms with van der Waals surface area (Å²) in [4.78, 5) is 11.1. The Hall–Kier alpha value is -0.870. The predicted octanol–water partition coefficient (Wildman–Crippen LogP) is 0.00720. The van der Waals surface area contributed by atoms with E-state index >= 15 is 0 Å². The summed E-state index contributed by atoms with van der Waals surface area (Å²) in [5.74, 6) is -0.0204. The van der Waals surface area contributed by atoms with E-state index in [0.717, 1.165) is 25.9 Å². The molecule has 0 fully saturated rings. The average molecular weight is 199 g/mol. The van der Waals surface area contributed by atoms with Crippen molar-refractivity contribution < 1.29 is 4.79 Å². The highest BCUT2D eigenvalue weighted by Crippen LogP contribution is 1.87. The Morgan fingerprint density at radius 1 is 1.36 bits per heavy atom. The second-order valence-electron chi connectivity index (χ2n) is 3.02. The molecule has 82 valence electrons. The molecule has 0 unspecified atom stereocenters. The van der Waals surface area contributed by atoms with Gasteiger partial charge >= 0.3 is 0 Å². The highest BCUT2D eigenvalue weighted by atomic mass is 16.1. The van der Waals surface area contributed by atoms with Crippen molar-refractivity contribution in [1.82, 2.24) is 10.6 Å². The molecule has 0 spiro atoms. The van der Waals surface area contributed by atoms with Crippen LogP contribution in [0.25, 0.3) is 0 Å². The van der Waals surface area contributed by atoms with E-state index in [1.165, 1.54) is 0 Å². The maximum Gasteiger partial charge on any atom is 0.243 e. The van der Waals surface area contributed by atoms with Crippen LogP contribution < -0.4 is 16.4 Å². The molecule has 0 radical (unpaired) electrons. The largest absolute Gasteiger partial charge is 0.351 e. The van der Waals surface area contributed by atoms with Gasteiger partial charge in [-0.25, -0.2) is 0 Å². The molecule has 0 aliphatic rings. The van der Waals surface area contributed by atoms with E-state index in [1.54, 1.807) is 6.08 Å². The van der Waals surface area contributed by atoms with Gasteiger partial charge in [0.1, 0.15) is 0 Å². The van der Waals surface area contributed by atoms with Gasteiger partial charge in [0, 0.05) is 26.2 Å². The van der Waals surface area contributed by atoms with Crippen LogP contribution in [0, 0.1) is 0 Å². The number of hydrogen-bond donors (Lipinski definition) is 3. The Balaban J connectivity index is 3.26. The molecule has 0 saturated carbocycles. The molecule has 0 aromatic rings. The summed E-state index contributed by atoms with van der Waals surface area (Å²) in [5, 5.41) is 5.87. The van der Waals surface area contributed by atoms with E-state index in [9.17, 15) is 4.79 Å². The van der Waals surface area contributed by atoms with Gasteiger partial charge in [-0.15, -0.1) is 0 Å². The van der Waals surface area contributed by atoms with Crippen LogP contribution in [0.15, 0.2) is 12.2 Å². The molecule has 0 atom stereocenters. The second kappa shape index (κ2) is 10.2.